The second-order valence-corrected chi connectivity index (χ2v) is 6.39. The molecule has 1 heterocycles. The van der Waals surface area contributed by atoms with E-state index >= 15 is 0 Å². The first-order valence-corrected chi connectivity index (χ1v) is 7.41. The van der Waals surface area contributed by atoms with Gasteiger partial charge in [-0.15, -0.1) is 0 Å². The van der Waals surface area contributed by atoms with Crippen molar-refractivity contribution in [3.63, 3.8) is 0 Å². The van der Waals surface area contributed by atoms with Crippen LogP contribution in [-0.2, 0) is 13.5 Å². The van der Waals surface area contributed by atoms with E-state index in [9.17, 15) is 0 Å². The molecule has 0 saturated heterocycles. The van der Waals surface area contributed by atoms with Crippen molar-refractivity contribution in [1.29, 1.82) is 0 Å². The largest absolute Gasteiger partial charge is 0.327 e. The average Bonchev–Trinajstić information content (AvgIpc) is 3.03. The minimum atomic E-state index is 0.262. The molecule has 0 amide bonds. The van der Waals surface area contributed by atoms with Gasteiger partial charge in [-0.25, -0.2) is 0 Å². The quantitative estimate of drug-likeness (QED) is 0.915. The zero-order valence-electron chi connectivity index (χ0n) is 11.2. The van der Waals surface area contributed by atoms with Gasteiger partial charge in [0.1, 0.15) is 5.15 Å². The normalized spacial score (nSPS) is 32.1. The van der Waals surface area contributed by atoms with E-state index in [-0.39, 0.29) is 6.04 Å². The molecule has 3 rings (SSSR count). The molecule has 3 atom stereocenters. The third-order valence-corrected chi connectivity index (χ3v) is 5.40. The first-order valence-electron chi connectivity index (χ1n) is 7.03. The Balaban J connectivity index is 1.69. The number of aromatic nitrogens is 2. The van der Waals surface area contributed by atoms with Crippen molar-refractivity contribution in [1.82, 2.24) is 9.78 Å². The number of hydrogen-bond acceptors (Lipinski definition) is 2. The molecule has 1 aromatic heterocycles. The number of hydrogen-bond donors (Lipinski definition) is 1. The molecular formula is C14H22ClN3. The van der Waals surface area contributed by atoms with Crippen LogP contribution in [0.5, 0.6) is 0 Å². The van der Waals surface area contributed by atoms with Gasteiger partial charge in [0.25, 0.3) is 0 Å². The highest BCUT2D eigenvalue weighted by Gasteiger charge is 2.53. The summed E-state index contributed by atoms with van der Waals surface area (Å²) in [5.41, 5.74) is 8.60. The Hall–Kier alpha value is -0.540. The summed E-state index contributed by atoms with van der Waals surface area (Å²) in [5.74, 6) is 2.55. The highest BCUT2D eigenvalue weighted by Crippen LogP contribution is 2.57. The Morgan fingerprint density at radius 3 is 2.50 bits per heavy atom. The predicted octanol–water partition coefficient (Wildman–Crippen LogP) is 2.69. The molecule has 0 aromatic carbocycles. The molecule has 0 radical (unpaired) electrons. The average molecular weight is 268 g/mol. The zero-order valence-corrected chi connectivity index (χ0v) is 12.0. The predicted molar refractivity (Wildman–Crippen MR) is 73.6 cm³/mol. The van der Waals surface area contributed by atoms with Gasteiger partial charge in [0.15, 0.2) is 0 Å². The molecule has 1 aromatic rings. The summed E-state index contributed by atoms with van der Waals surface area (Å²) in [7, 11) is 1.89. The summed E-state index contributed by atoms with van der Waals surface area (Å²) >= 11 is 6.28. The van der Waals surface area contributed by atoms with Crippen LogP contribution in [-0.4, -0.2) is 15.8 Å². The molecule has 0 bridgehead atoms. The lowest BCUT2D eigenvalue weighted by Gasteiger charge is -2.11. The van der Waals surface area contributed by atoms with Gasteiger partial charge in [-0.05, 0) is 43.9 Å². The van der Waals surface area contributed by atoms with Crippen LogP contribution < -0.4 is 5.73 Å². The molecule has 18 heavy (non-hydrogen) atoms. The molecule has 3 unspecified atom stereocenters. The van der Waals surface area contributed by atoms with E-state index in [1.807, 2.05) is 14.0 Å². The number of rotatable bonds is 3. The summed E-state index contributed by atoms with van der Waals surface area (Å²) in [4.78, 5) is 0. The Kier molecular flexibility index (Phi) is 3.15. The lowest BCUT2D eigenvalue weighted by atomic mass is 10.0. The monoisotopic (exact) mass is 267 g/mol. The Labute approximate surface area is 114 Å². The third-order valence-electron chi connectivity index (χ3n) is 4.93. The van der Waals surface area contributed by atoms with E-state index in [1.165, 1.54) is 25.7 Å². The van der Waals surface area contributed by atoms with Crippen molar-refractivity contribution < 1.29 is 0 Å². The van der Waals surface area contributed by atoms with Gasteiger partial charge in [-0.1, -0.05) is 24.4 Å². The highest BCUT2D eigenvalue weighted by atomic mass is 35.5. The summed E-state index contributed by atoms with van der Waals surface area (Å²) < 4.78 is 1.75. The summed E-state index contributed by atoms with van der Waals surface area (Å²) in [6.45, 7) is 2.02. The molecule has 4 heteroatoms. The van der Waals surface area contributed by atoms with Crippen LogP contribution in [0.2, 0.25) is 5.15 Å². The Bertz CT molecular complexity index is 442. The zero-order chi connectivity index (χ0) is 12.9. The smallest absolute Gasteiger partial charge is 0.130 e. The highest BCUT2D eigenvalue weighted by molar-refractivity contribution is 6.30. The van der Waals surface area contributed by atoms with Crippen LogP contribution in [0.15, 0.2) is 0 Å². The number of nitrogens with zero attached hydrogens (tertiary/aromatic N) is 2. The van der Waals surface area contributed by atoms with Crippen LogP contribution in [0.4, 0.5) is 0 Å². The van der Waals surface area contributed by atoms with Crippen molar-refractivity contribution in [2.24, 2.45) is 30.5 Å². The molecule has 2 saturated carbocycles. The molecular weight excluding hydrogens is 246 g/mol. The van der Waals surface area contributed by atoms with Gasteiger partial charge in [0.2, 0.25) is 0 Å². The number of aryl methyl sites for hydroxylation is 2. The molecule has 2 fully saturated rings. The molecule has 2 N–H and O–H groups in total. The van der Waals surface area contributed by atoms with Gasteiger partial charge in [0, 0.05) is 18.7 Å². The van der Waals surface area contributed by atoms with Crippen molar-refractivity contribution in [2.45, 2.75) is 45.1 Å². The van der Waals surface area contributed by atoms with E-state index in [1.54, 1.807) is 4.68 Å². The summed E-state index contributed by atoms with van der Waals surface area (Å²) in [5, 5.41) is 5.12. The fourth-order valence-corrected chi connectivity index (χ4v) is 4.21. The van der Waals surface area contributed by atoms with E-state index in [0.29, 0.717) is 0 Å². The van der Waals surface area contributed by atoms with Crippen LogP contribution in [0.1, 0.15) is 36.9 Å². The number of nitrogens with two attached hydrogens (primary N) is 1. The van der Waals surface area contributed by atoms with Crippen molar-refractivity contribution in [3.05, 3.63) is 16.4 Å². The van der Waals surface area contributed by atoms with E-state index < -0.39 is 0 Å². The fourth-order valence-electron chi connectivity index (χ4n) is 3.96. The van der Waals surface area contributed by atoms with Gasteiger partial charge in [-0.2, -0.15) is 5.10 Å². The van der Waals surface area contributed by atoms with Crippen LogP contribution in [0.3, 0.4) is 0 Å². The van der Waals surface area contributed by atoms with Crippen molar-refractivity contribution >= 4 is 11.6 Å². The minimum absolute atomic E-state index is 0.262. The summed E-state index contributed by atoms with van der Waals surface area (Å²) in [6.07, 6.45) is 6.47. The first kappa shape index (κ1) is 12.5. The molecule has 2 aliphatic carbocycles. The van der Waals surface area contributed by atoms with Gasteiger partial charge < -0.3 is 5.73 Å². The molecule has 2 aliphatic rings. The molecule has 0 spiro atoms. The third kappa shape index (κ3) is 1.97. The minimum Gasteiger partial charge on any atom is -0.327 e. The lowest BCUT2D eigenvalue weighted by Crippen LogP contribution is -2.27. The second-order valence-electron chi connectivity index (χ2n) is 6.04. The first-order chi connectivity index (χ1) is 8.59. The number of halogens is 1. The molecule has 0 aliphatic heterocycles. The maximum atomic E-state index is 6.42. The SMILES string of the molecule is Cc1nn(C)c(Cl)c1CC(N)C1C2CCCCC21. The van der Waals surface area contributed by atoms with Crippen LogP contribution in [0, 0.1) is 24.7 Å². The standard InChI is InChI=1S/C14H22ClN3/c1-8-11(14(15)18(2)17-8)7-12(16)13-9-5-3-4-6-10(9)13/h9-10,12-13H,3-7,16H2,1-2H3. The second kappa shape index (κ2) is 4.53. The topological polar surface area (TPSA) is 43.8 Å². The van der Waals surface area contributed by atoms with Gasteiger partial charge in [-0.3, -0.25) is 4.68 Å². The maximum absolute atomic E-state index is 6.42. The fraction of sp³-hybridized carbons (Fsp3) is 0.786. The van der Waals surface area contributed by atoms with E-state index in [2.05, 4.69) is 5.10 Å². The Morgan fingerprint density at radius 2 is 2.00 bits per heavy atom. The number of fused-ring (bicyclic) bond motifs is 1. The van der Waals surface area contributed by atoms with Crippen molar-refractivity contribution in [2.75, 3.05) is 0 Å². The van der Waals surface area contributed by atoms with Gasteiger partial charge in [0.05, 0.1) is 5.69 Å². The summed E-state index contributed by atoms with van der Waals surface area (Å²) in [6, 6.07) is 0.262. The van der Waals surface area contributed by atoms with E-state index in [0.717, 1.165) is 40.6 Å². The Morgan fingerprint density at radius 1 is 1.39 bits per heavy atom. The van der Waals surface area contributed by atoms with Crippen molar-refractivity contribution in [3.8, 4) is 0 Å². The lowest BCUT2D eigenvalue weighted by molar-refractivity contribution is 0.480. The van der Waals surface area contributed by atoms with E-state index in [4.69, 9.17) is 17.3 Å². The molecule has 100 valence electrons. The van der Waals surface area contributed by atoms with Gasteiger partial charge >= 0.3 is 0 Å². The van der Waals surface area contributed by atoms with Crippen LogP contribution in [0.25, 0.3) is 0 Å². The van der Waals surface area contributed by atoms with Crippen LogP contribution >= 0.6 is 11.6 Å². The molecule has 3 nitrogen and oxygen atoms in total. The maximum Gasteiger partial charge on any atom is 0.130 e.